The first-order chi connectivity index (χ1) is 19.7. The molecule has 0 fully saturated rings. The number of aryl methyl sites for hydroxylation is 1. The summed E-state index contributed by atoms with van der Waals surface area (Å²) in [6, 6.07) is 19.9. The van der Waals surface area contributed by atoms with Gasteiger partial charge in [-0.15, -0.1) is 0 Å². The molecule has 0 saturated heterocycles. The van der Waals surface area contributed by atoms with Crippen LogP contribution in [0.25, 0.3) is 11.3 Å². The Hall–Kier alpha value is -4.96. The second kappa shape index (κ2) is 12.9. The Balaban J connectivity index is 1.57. The van der Waals surface area contributed by atoms with Crippen LogP contribution in [0.1, 0.15) is 37.4 Å². The number of rotatable bonds is 10. The van der Waals surface area contributed by atoms with Crippen LogP contribution in [-0.2, 0) is 14.3 Å². The third kappa shape index (κ3) is 6.79. The Morgan fingerprint density at radius 2 is 1.68 bits per heavy atom. The number of amides is 3. The fourth-order valence-corrected chi connectivity index (χ4v) is 4.50. The number of nitrogens with one attached hydrogen (secondary N) is 4. The van der Waals surface area contributed by atoms with Gasteiger partial charge in [0.2, 0.25) is 5.91 Å². The van der Waals surface area contributed by atoms with E-state index in [9.17, 15) is 19.2 Å². The summed E-state index contributed by atoms with van der Waals surface area (Å²) in [6.45, 7) is 2.96. The zero-order valence-electron chi connectivity index (χ0n) is 23.5. The Labute approximate surface area is 238 Å². The average Bonchev–Trinajstić information content (AvgIpc) is 3.29. The van der Waals surface area contributed by atoms with Crippen molar-refractivity contribution in [3.8, 4) is 0 Å². The summed E-state index contributed by atoms with van der Waals surface area (Å²) >= 11 is 0. The maximum Gasteiger partial charge on any atom is 0.338 e. The number of anilines is 2. The maximum atomic E-state index is 13.3. The van der Waals surface area contributed by atoms with Crippen LogP contribution >= 0.6 is 0 Å². The molecule has 0 unspecified atom stereocenters. The van der Waals surface area contributed by atoms with E-state index >= 15 is 0 Å². The van der Waals surface area contributed by atoms with Crippen LogP contribution in [0.2, 0.25) is 0 Å². The highest BCUT2D eigenvalue weighted by Gasteiger charge is 2.30. The van der Waals surface area contributed by atoms with Gasteiger partial charge >= 0.3 is 5.97 Å². The van der Waals surface area contributed by atoms with E-state index in [1.807, 2.05) is 42.3 Å². The second-order valence-corrected chi connectivity index (χ2v) is 9.64. The highest BCUT2D eigenvalue weighted by molar-refractivity contribution is 6.37. The highest BCUT2D eigenvalue weighted by atomic mass is 16.5. The molecule has 0 aliphatic carbocycles. The number of hydrogen-bond donors (Lipinski definition) is 4. The van der Waals surface area contributed by atoms with Crippen molar-refractivity contribution in [2.75, 3.05) is 51.5 Å². The molecule has 4 rings (SSSR count). The van der Waals surface area contributed by atoms with E-state index in [0.717, 1.165) is 5.56 Å². The minimum Gasteiger partial charge on any atom is -0.465 e. The Morgan fingerprint density at radius 3 is 2.34 bits per heavy atom. The summed E-state index contributed by atoms with van der Waals surface area (Å²) in [5.41, 5.74) is 5.25. The number of esters is 1. The third-order valence-corrected chi connectivity index (χ3v) is 6.71. The van der Waals surface area contributed by atoms with Gasteiger partial charge in [0.15, 0.2) is 0 Å². The van der Waals surface area contributed by atoms with Crippen LogP contribution in [0.3, 0.4) is 0 Å². The van der Waals surface area contributed by atoms with Gasteiger partial charge in [0.1, 0.15) is 0 Å². The molecule has 0 atom stereocenters. The zero-order chi connectivity index (χ0) is 29.5. The fraction of sp³-hybridized carbons (Fsp3) is 0.226. The Morgan fingerprint density at radius 1 is 0.976 bits per heavy atom. The molecular weight excluding hydrogens is 522 g/mol. The van der Waals surface area contributed by atoms with Crippen LogP contribution in [0, 0.1) is 6.92 Å². The first kappa shape index (κ1) is 29.0. The molecule has 0 bridgehead atoms. The van der Waals surface area contributed by atoms with Gasteiger partial charge in [-0.2, -0.15) is 0 Å². The molecule has 0 aromatic heterocycles. The lowest BCUT2D eigenvalue weighted by molar-refractivity contribution is -0.121. The van der Waals surface area contributed by atoms with E-state index in [-0.39, 0.29) is 24.3 Å². The van der Waals surface area contributed by atoms with E-state index in [0.29, 0.717) is 58.0 Å². The van der Waals surface area contributed by atoms with Gasteiger partial charge in [-0.3, -0.25) is 19.3 Å². The minimum atomic E-state index is -0.474. The molecular formula is C31H33N5O5. The predicted octanol–water partition coefficient (Wildman–Crippen LogP) is 3.12. The van der Waals surface area contributed by atoms with E-state index in [1.165, 1.54) is 7.11 Å². The summed E-state index contributed by atoms with van der Waals surface area (Å²) in [6.07, 6.45) is 0. The quantitative estimate of drug-likeness (QED) is 0.224. The topological polar surface area (TPSA) is 129 Å². The van der Waals surface area contributed by atoms with Crippen LogP contribution in [0.4, 0.5) is 11.4 Å². The number of likely N-dealkylation sites (N-methyl/N-ethyl adjacent to an activating group) is 2. The zero-order valence-corrected chi connectivity index (χ0v) is 23.5. The van der Waals surface area contributed by atoms with Crippen molar-refractivity contribution in [3.05, 3.63) is 94.5 Å². The molecule has 0 saturated carbocycles. The molecule has 3 aromatic carbocycles. The normalized spacial score (nSPS) is 13.2. The smallest absolute Gasteiger partial charge is 0.338 e. The third-order valence-electron chi connectivity index (χ3n) is 6.71. The van der Waals surface area contributed by atoms with Crippen molar-refractivity contribution in [2.45, 2.75) is 6.92 Å². The van der Waals surface area contributed by atoms with Gasteiger partial charge in [0, 0.05) is 37.0 Å². The second-order valence-electron chi connectivity index (χ2n) is 9.64. The van der Waals surface area contributed by atoms with Gasteiger partial charge in [-0.05, 0) is 61.5 Å². The summed E-state index contributed by atoms with van der Waals surface area (Å²) in [7, 11) is 4.71. The van der Waals surface area contributed by atoms with Crippen LogP contribution in [0.15, 0.2) is 66.7 Å². The Bertz CT molecular complexity index is 1500. The first-order valence-corrected chi connectivity index (χ1v) is 13.1. The van der Waals surface area contributed by atoms with Gasteiger partial charge in [0.05, 0.1) is 36.2 Å². The molecule has 3 amide bonds. The van der Waals surface area contributed by atoms with Gasteiger partial charge in [-0.1, -0.05) is 30.3 Å². The average molecular weight is 556 g/mol. The number of methoxy groups -OCH3 is 1. The number of fused-ring (bicyclic) bond motifs is 1. The van der Waals surface area contributed by atoms with Crippen molar-refractivity contribution in [1.29, 1.82) is 0 Å². The van der Waals surface area contributed by atoms with Crippen molar-refractivity contribution < 1.29 is 23.9 Å². The molecule has 1 heterocycles. The first-order valence-electron chi connectivity index (χ1n) is 13.1. The van der Waals surface area contributed by atoms with E-state index in [4.69, 9.17) is 4.74 Å². The fourth-order valence-electron chi connectivity index (χ4n) is 4.50. The number of benzene rings is 3. The number of ether oxygens (including phenoxy) is 1. The summed E-state index contributed by atoms with van der Waals surface area (Å²) in [5, 5.41) is 11.7. The Kier molecular flexibility index (Phi) is 9.15. The molecule has 4 N–H and O–H groups in total. The molecule has 0 spiro atoms. The molecule has 3 aromatic rings. The number of hydrogen-bond acceptors (Lipinski definition) is 7. The molecule has 1 aliphatic rings. The lowest BCUT2D eigenvalue weighted by atomic mass is 9.96. The van der Waals surface area contributed by atoms with E-state index < -0.39 is 5.97 Å². The van der Waals surface area contributed by atoms with Crippen LogP contribution in [0.5, 0.6) is 0 Å². The number of carbonyl (C=O) groups excluding carboxylic acids is 4. The molecule has 0 radical (unpaired) electrons. The van der Waals surface area contributed by atoms with Gasteiger partial charge in [-0.25, -0.2) is 4.79 Å². The molecule has 41 heavy (non-hydrogen) atoms. The molecule has 212 valence electrons. The summed E-state index contributed by atoms with van der Waals surface area (Å²) in [5.74, 6) is -1.09. The predicted molar refractivity (Wildman–Crippen MR) is 158 cm³/mol. The minimum absolute atomic E-state index is 0.0913. The standard InChI is InChI=1S/C31H33N5O5/c1-19-16-24-25(17-23(19)31(40)41-4)35-30(39)27(24)28(20-8-6-5-7-9-20)34-22-12-10-21(11-13-22)29(38)33-14-15-36(3)18-26(37)32-2/h5-13,16-17,34H,14-15,18H2,1-4H3,(H,32,37)(H,33,38)(H,35,39)/b28-27-. The lowest BCUT2D eigenvalue weighted by Crippen LogP contribution is -2.38. The van der Waals surface area contributed by atoms with Crippen molar-refractivity contribution >= 4 is 46.3 Å². The van der Waals surface area contributed by atoms with Crippen molar-refractivity contribution in [1.82, 2.24) is 15.5 Å². The van der Waals surface area contributed by atoms with Crippen LogP contribution in [-0.4, -0.2) is 69.4 Å². The highest BCUT2D eigenvalue weighted by Crippen LogP contribution is 2.39. The molecule has 10 nitrogen and oxygen atoms in total. The van der Waals surface area contributed by atoms with Crippen molar-refractivity contribution in [3.63, 3.8) is 0 Å². The molecule has 10 heteroatoms. The van der Waals surface area contributed by atoms with E-state index in [2.05, 4.69) is 21.3 Å². The monoisotopic (exact) mass is 555 g/mol. The van der Waals surface area contributed by atoms with Crippen molar-refractivity contribution in [2.24, 2.45) is 0 Å². The maximum absolute atomic E-state index is 13.3. The van der Waals surface area contributed by atoms with Gasteiger partial charge in [0.25, 0.3) is 11.8 Å². The van der Waals surface area contributed by atoms with E-state index in [1.54, 1.807) is 50.4 Å². The largest absolute Gasteiger partial charge is 0.465 e. The SMILES string of the molecule is CNC(=O)CN(C)CCNC(=O)c1ccc(N/C(=C2\C(=O)Nc3cc(C(=O)OC)c(C)cc32)c2ccccc2)cc1. The lowest BCUT2D eigenvalue weighted by Gasteiger charge is -2.16. The van der Waals surface area contributed by atoms with Gasteiger partial charge < -0.3 is 26.0 Å². The molecule has 1 aliphatic heterocycles. The number of carbonyl (C=O) groups is 4. The van der Waals surface area contributed by atoms with Crippen LogP contribution < -0.4 is 21.3 Å². The summed E-state index contributed by atoms with van der Waals surface area (Å²) < 4.78 is 4.88. The summed E-state index contributed by atoms with van der Waals surface area (Å²) in [4.78, 5) is 51.4. The number of nitrogens with zero attached hydrogens (tertiary/aromatic N) is 1.